The SMILES string of the molecule is CC[C@H](Nc1nc(C(C)(C)C)nc2c1cnn2C)c1nc(C)no1. The normalized spacial score (nSPS) is 13.4. The summed E-state index contributed by atoms with van der Waals surface area (Å²) in [6.07, 6.45) is 2.56. The van der Waals surface area contributed by atoms with Gasteiger partial charge in [-0.05, 0) is 13.3 Å². The Bertz CT molecular complexity index is 859. The largest absolute Gasteiger partial charge is 0.358 e. The summed E-state index contributed by atoms with van der Waals surface area (Å²) in [6, 6.07) is -0.114. The first-order valence-electron chi connectivity index (χ1n) is 8.06. The Morgan fingerprint density at radius 3 is 2.58 bits per heavy atom. The molecule has 24 heavy (non-hydrogen) atoms. The van der Waals surface area contributed by atoms with Crippen molar-refractivity contribution >= 4 is 16.9 Å². The van der Waals surface area contributed by atoms with Crippen LogP contribution in [-0.2, 0) is 12.5 Å². The number of nitrogens with zero attached hydrogens (tertiary/aromatic N) is 6. The topological polar surface area (TPSA) is 94.6 Å². The fourth-order valence-electron chi connectivity index (χ4n) is 2.43. The van der Waals surface area contributed by atoms with Gasteiger partial charge in [-0.3, -0.25) is 4.68 Å². The molecular formula is C16H23N7O. The predicted molar refractivity (Wildman–Crippen MR) is 90.7 cm³/mol. The fraction of sp³-hybridized carbons (Fsp3) is 0.562. The average molecular weight is 329 g/mol. The lowest BCUT2D eigenvalue weighted by Gasteiger charge is -2.20. The van der Waals surface area contributed by atoms with Gasteiger partial charge in [0, 0.05) is 12.5 Å². The molecule has 8 nitrogen and oxygen atoms in total. The molecule has 3 heterocycles. The Morgan fingerprint density at radius 2 is 2.00 bits per heavy atom. The number of rotatable bonds is 4. The minimum absolute atomic E-state index is 0.114. The van der Waals surface area contributed by atoms with E-state index >= 15 is 0 Å². The standard InChI is InChI=1S/C16H23N7O/c1-7-11(14-18-9(2)22-24-14)19-12-10-8-17-23(6)13(10)21-15(20-12)16(3,4)5/h8,11H,7H2,1-6H3,(H,19,20,21)/t11-/m0/s1. The smallest absolute Gasteiger partial charge is 0.249 e. The van der Waals surface area contributed by atoms with Crippen LogP contribution < -0.4 is 5.32 Å². The third kappa shape index (κ3) is 2.95. The second-order valence-electron chi connectivity index (χ2n) is 6.94. The highest BCUT2D eigenvalue weighted by atomic mass is 16.5. The highest BCUT2D eigenvalue weighted by molar-refractivity contribution is 5.86. The molecule has 3 aromatic rings. The van der Waals surface area contributed by atoms with E-state index < -0.39 is 0 Å². The van der Waals surface area contributed by atoms with Crippen LogP contribution in [0.4, 0.5) is 5.82 Å². The maximum absolute atomic E-state index is 5.32. The van der Waals surface area contributed by atoms with E-state index in [1.807, 2.05) is 7.05 Å². The Balaban J connectivity index is 2.07. The number of hydrogen-bond acceptors (Lipinski definition) is 7. The minimum Gasteiger partial charge on any atom is -0.358 e. The number of fused-ring (bicyclic) bond motifs is 1. The van der Waals surface area contributed by atoms with E-state index in [1.54, 1.807) is 17.8 Å². The minimum atomic E-state index is -0.169. The lowest BCUT2D eigenvalue weighted by atomic mass is 9.95. The lowest BCUT2D eigenvalue weighted by molar-refractivity contribution is 0.356. The van der Waals surface area contributed by atoms with Gasteiger partial charge in [-0.15, -0.1) is 0 Å². The van der Waals surface area contributed by atoms with Crippen molar-refractivity contribution in [2.75, 3.05) is 5.32 Å². The average Bonchev–Trinajstić information content (AvgIpc) is 3.10. The zero-order valence-corrected chi connectivity index (χ0v) is 15.0. The molecule has 3 aromatic heterocycles. The number of hydrogen-bond donors (Lipinski definition) is 1. The van der Waals surface area contributed by atoms with Crippen molar-refractivity contribution in [2.24, 2.45) is 7.05 Å². The summed E-state index contributed by atoms with van der Waals surface area (Å²) in [7, 11) is 1.88. The zero-order valence-electron chi connectivity index (χ0n) is 15.0. The van der Waals surface area contributed by atoms with Crippen molar-refractivity contribution < 1.29 is 4.52 Å². The molecule has 0 amide bonds. The van der Waals surface area contributed by atoms with Gasteiger partial charge in [0.1, 0.15) is 17.7 Å². The molecule has 0 unspecified atom stereocenters. The van der Waals surface area contributed by atoms with E-state index in [4.69, 9.17) is 9.51 Å². The van der Waals surface area contributed by atoms with E-state index in [0.29, 0.717) is 11.7 Å². The molecule has 1 atom stereocenters. The Labute approximate surface area is 140 Å². The number of aromatic nitrogens is 6. The molecule has 3 rings (SSSR count). The van der Waals surface area contributed by atoms with Crippen LogP contribution >= 0.6 is 0 Å². The molecule has 0 aromatic carbocycles. The van der Waals surface area contributed by atoms with Gasteiger partial charge in [0.05, 0.1) is 11.6 Å². The van der Waals surface area contributed by atoms with E-state index in [0.717, 1.165) is 29.1 Å². The molecule has 0 saturated carbocycles. The van der Waals surface area contributed by atoms with Crippen LogP contribution in [0.5, 0.6) is 0 Å². The molecule has 0 aliphatic rings. The second kappa shape index (κ2) is 5.85. The van der Waals surface area contributed by atoms with Gasteiger partial charge in [-0.2, -0.15) is 10.1 Å². The molecular weight excluding hydrogens is 306 g/mol. The van der Waals surface area contributed by atoms with Crippen LogP contribution in [0, 0.1) is 6.92 Å². The lowest BCUT2D eigenvalue weighted by Crippen LogP contribution is -2.19. The number of aryl methyl sites for hydroxylation is 2. The molecule has 0 aliphatic carbocycles. The monoisotopic (exact) mass is 329 g/mol. The third-order valence-corrected chi connectivity index (χ3v) is 3.82. The summed E-state index contributed by atoms with van der Waals surface area (Å²) < 4.78 is 7.08. The summed E-state index contributed by atoms with van der Waals surface area (Å²) in [5.41, 5.74) is 0.631. The summed E-state index contributed by atoms with van der Waals surface area (Å²) >= 11 is 0. The van der Waals surface area contributed by atoms with E-state index in [9.17, 15) is 0 Å². The van der Waals surface area contributed by atoms with Crippen molar-refractivity contribution in [3.63, 3.8) is 0 Å². The number of nitrogens with one attached hydrogen (secondary N) is 1. The van der Waals surface area contributed by atoms with Crippen LogP contribution in [0.2, 0.25) is 0 Å². The third-order valence-electron chi connectivity index (χ3n) is 3.82. The Morgan fingerprint density at radius 1 is 1.25 bits per heavy atom. The molecule has 0 bridgehead atoms. The predicted octanol–water partition coefficient (Wildman–Crippen LogP) is 2.92. The van der Waals surface area contributed by atoms with Gasteiger partial charge >= 0.3 is 0 Å². The Hall–Kier alpha value is -2.51. The first kappa shape index (κ1) is 16.4. The maximum atomic E-state index is 5.32. The first-order chi connectivity index (χ1) is 11.3. The highest BCUT2D eigenvalue weighted by Crippen LogP contribution is 2.29. The molecule has 0 spiro atoms. The zero-order chi connectivity index (χ0) is 17.5. The van der Waals surface area contributed by atoms with E-state index in [1.165, 1.54) is 0 Å². The van der Waals surface area contributed by atoms with Crippen LogP contribution in [0.25, 0.3) is 11.0 Å². The quantitative estimate of drug-likeness (QED) is 0.786. The van der Waals surface area contributed by atoms with Crippen molar-refractivity contribution in [3.8, 4) is 0 Å². The molecule has 0 saturated heterocycles. The summed E-state index contributed by atoms with van der Waals surface area (Å²) in [6.45, 7) is 10.1. The Kier molecular flexibility index (Phi) is 3.98. The van der Waals surface area contributed by atoms with E-state index in [2.05, 4.69) is 53.2 Å². The van der Waals surface area contributed by atoms with Gasteiger partial charge in [0.15, 0.2) is 11.5 Å². The molecule has 0 radical (unpaired) electrons. The first-order valence-corrected chi connectivity index (χ1v) is 8.06. The molecule has 0 fully saturated rings. The molecule has 8 heteroatoms. The molecule has 1 N–H and O–H groups in total. The number of anilines is 1. The van der Waals surface area contributed by atoms with Gasteiger partial charge in [-0.25, -0.2) is 9.97 Å². The van der Waals surface area contributed by atoms with Crippen molar-refractivity contribution in [2.45, 2.75) is 52.5 Å². The maximum Gasteiger partial charge on any atom is 0.249 e. The van der Waals surface area contributed by atoms with Crippen molar-refractivity contribution in [1.82, 2.24) is 29.9 Å². The van der Waals surface area contributed by atoms with Crippen molar-refractivity contribution in [3.05, 3.63) is 23.7 Å². The van der Waals surface area contributed by atoms with Crippen LogP contribution in [0.1, 0.15) is 57.7 Å². The van der Waals surface area contributed by atoms with Crippen LogP contribution in [0.3, 0.4) is 0 Å². The highest BCUT2D eigenvalue weighted by Gasteiger charge is 2.24. The second-order valence-corrected chi connectivity index (χ2v) is 6.94. The molecule has 0 aliphatic heterocycles. The van der Waals surface area contributed by atoms with Crippen LogP contribution in [0.15, 0.2) is 10.7 Å². The summed E-state index contributed by atoms with van der Waals surface area (Å²) in [5.74, 6) is 2.68. The fourth-order valence-corrected chi connectivity index (χ4v) is 2.43. The summed E-state index contributed by atoms with van der Waals surface area (Å²) in [4.78, 5) is 13.7. The molecule has 128 valence electrons. The van der Waals surface area contributed by atoms with Gasteiger partial charge in [0.2, 0.25) is 5.89 Å². The summed E-state index contributed by atoms with van der Waals surface area (Å²) in [5, 5.41) is 12.5. The van der Waals surface area contributed by atoms with Crippen LogP contribution in [-0.4, -0.2) is 29.9 Å². The van der Waals surface area contributed by atoms with Crippen molar-refractivity contribution in [1.29, 1.82) is 0 Å². The van der Waals surface area contributed by atoms with Gasteiger partial charge in [0.25, 0.3) is 0 Å². The van der Waals surface area contributed by atoms with Gasteiger partial charge in [-0.1, -0.05) is 32.9 Å². The van der Waals surface area contributed by atoms with Gasteiger partial charge < -0.3 is 9.84 Å². The van der Waals surface area contributed by atoms with E-state index in [-0.39, 0.29) is 11.5 Å².